The minimum Gasteiger partial charge on any atom is -0.508 e. The molecule has 0 spiro atoms. The van der Waals surface area contributed by atoms with E-state index >= 15 is 0 Å². The van der Waals surface area contributed by atoms with Crippen LogP contribution in [0.4, 0.5) is 0 Å². The Labute approximate surface area is 122 Å². The second-order valence-corrected chi connectivity index (χ2v) is 5.03. The summed E-state index contributed by atoms with van der Waals surface area (Å²) in [5.41, 5.74) is 1.82. The zero-order chi connectivity index (χ0) is 14.8. The van der Waals surface area contributed by atoms with E-state index < -0.39 is 0 Å². The third kappa shape index (κ3) is 2.87. The molecule has 1 heterocycles. The molecule has 0 aliphatic carbocycles. The SMILES string of the molecule is CC(NCc1ccc2c(c1)OCO2)c1ccc(O)cc1O. The molecule has 0 saturated heterocycles. The van der Waals surface area contributed by atoms with Gasteiger partial charge in [0.15, 0.2) is 11.5 Å². The molecule has 1 unspecified atom stereocenters. The van der Waals surface area contributed by atoms with Crippen molar-refractivity contribution in [3.8, 4) is 23.0 Å². The molecule has 3 N–H and O–H groups in total. The van der Waals surface area contributed by atoms with Gasteiger partial charge < -0.3 is 25.0 Å². The lowest BCUT2D eigenvalue weighted by molar-refractivity contribution is 0.174. The molecule has 1 aliphatic rings. The van der Waals surface area contributed by atoms with Crippen molar-refractivity contribution in [1.29, 1.82) is 0 Å². The van der Waals surface area contributed by atoms with Gasteiger partial charge in [-0.3, -0.25) is 0 Å². The minimum atomic E-state index is -0.0453. The van der Waals surface area contributed by atoms with E-state index in [4.69, 9.17) is 9.47 Å². The summed E-state index contributed by atoms with van der Waals surface area (Å²) in [6.07, 6.45) is 0. The van der Waals surface area contributed by atoms with Crippen molar-refractivity contribution in [2.45, 2.75) is 19.5 Å². The standard InChI is InChI=1S/C16H17NO4/c1-10(13-4-3-12(18)7-14(13)19)17-8-11-2-5-15-16(6-11)21-9-20-15/h2-7,10,17-19H,8-9H2,1H3. The minimum absolute atomic E-state index is 0.0453. The van der Waals surface area contributed by atoms with Crippen molar-refractivity contribution >= 4 is 0 Å². The fraction of sp³-hybridized carbons (Fsp3) is 0.250. The lowest BCUT2D eigenvalue weighted by Crippen LogP contribution is -2.18. The van der Waals surface area contributed by atoms with E-state index in [1.165, 1.54) is 6.07 Å². The number of hydrogen-bond donors (Lipinski definition) is 3. The predicted molar refractivity (Wildman–Crippen MR) is 77.6 cm³/mol. The molecule has 2 aromatic rings. The summed E-state index contributed by atoms with van der Waals surface area (Å²) in [7, 11) is 0. The molecule has 1 atom stereocenters. The van der Waals surface area contributed by atoms with Crippen LogP contribution in [0.5, 0.6) is 23.0 Å². The van der Waals surface area contributed by atoms with Crippen molar-refractivity contribution in [2.75, 3.05) is 6.79 Å². The number of benzene rings is 2. The first-order chi connectivity index (χ1) is 10.1. The molecule has 0 aromatic heterocycles. The summed E-state index contributed by atoms with van der Waals surface area (Å²) in [5.74, 6) is 1.66. The third-order valence-corrected chi connectivity index (χ3v) is 3.53. The van der Waals surface area contributed by atoms with E-state index in [1.807, 2.05) is 25.1 Å². The lowest BCUT2D eigenvalue weighted by Gasteiger charge is -2.16. The Morgan fingerprint density at radius 1 is 1.10 bits per heavy atom. The van der Waals surface area contributed by atoms with Crippen molar-refractivity contribution in [2.24, 2.45) is 0 Å². The summed E-state index contributed by atoms with van der Waals surface area (Å²) in [4.78, 5) is 0. The molecular formula is C16H17NO4. The van der Waals surface area contributed by atoms with Gasteiger partial charge >= 0.3 is 0 Å². The Balaban J connectivity index is 1.67. The molecule has 0 radical (unpaired) electrons. The summed E-state index contributed by atoms with van der Waals surface area (Å²) >= 11 is 0. The summed E-state index contributed by atoms with van der Waals surface area (Å²) in [6, 6.07) is 10.4. The summed E-state index contributed by atoms with van der Waals surface area (Å²) < 4.78 is 10.6. The average molecular weight is 287 g/mol. The van der Waals surface area contributed by atoms with Crippen molar-refractivity contribution in [3.63, 3.8) is 0 Å². The maximum absolute atomic E-state index is 9.85. The molecule has 1 aliphatic heterocycles. The van der Waals surface area contributed by atoms with Gasteiger partial charge in [-0.1, -0.05) is 12.1 Å². The Morgan fingerprint density at radius 3 is 2.71 bits per heavy atom. The number of fused-ring (bicyclic) bond motifs is 1. The van der Waals surface area contributed by atoms with Gasteiger partial charge in [0.05, 0.1) is 0 Å². The average Bonchev–Trinajstić information content (AvgIpc) is 2.92. The Kier molecular flexibility index (Phi) is 3.58. The molecule has 0 fully saturated rings. The fourth-order valence-corrected chi connectivity index (χ4v) is 2.33. The number of hydrogen-bond acceptors (Lipinski definition) is 5. The number of ether oxygens (including phenoxy) is 2. The highest BCUT2D eigenvalue weighted by Crippen LogP contribution is 2.33. The molecule has 110 valence electrons. The Hall–Kier alpha value is -2.40. The van der Waals surface area contributed by atoms with Gasteiger partial charge in [-0.05, 0) is 30.7 Å². The van der Waals surface area contributed by atoms with Crippen LogP contribution >= 0.6 is 0 Å². The van der Waals surface area contributed by atoms with Crippen LogP contribution < -0.4 is 14.8 Å². The number of phenolic OH excluding ortho intramolecular Hbond substituents is 2. The van der Waals surface area contributed by atoms with Gasteiger partial charge in [0, 0.05) is 24.2 Å². The van der Waals surface area contributed by atoms with E-state index in [-0.39, 0.29) is 24.3 Å². The summed E-state index contributed by atoms with van der Waals surface area (Å²) in [5, 5.41) is 22.5. The number of rotatable bonds is 4. The second kappa shape index (κ2) is 5.54. The van der Waals surface area contributed by atoms with E-state index in [9.17, 15) is 10.2 Å². The van der Waals surface area contributed by atoms with Gasteiger partial charge in [0.2, 0.25) is 6.79 Å². The zero-order valence-electron chi connectivity index (χ0n) is 11.7. The maximum Gasteiger partial charge on any atom is 0.231 e. The second-order valence-electron chi connectivity index (χ2n) is 5.03. The number of aromatic hydroxyl groups is 2. The Morgan fingerprint density at radius 2 is 1.90 bits per heavy atom. The quantitative estimate of drug-likeness (QED) is 0.806. The fourth-order valence-electron chi connectivity index (χ4n) is 2.33. The van der Waals surface area contributed by atoms with E-state index in [0.29, 0.717) is 6.54 Å². The van der Waals surface area contributed by atoms with Crippen molar-refractivity contribution < 1.29 is 19.7 Å². The first-order valence-electron chi connectivity index (χ1n) is 6.77. The van der Waals surface area contributed by atoms with Gasteiger partial charge in [0.25, 0.3) is 0 Å². The van der Waals surface area contributed by atoms with Crippen LogP contribution in [0, 0.1) is 0 Å². The van der Waals surface area contributed by atoms with Crippen LogP contribution in [0.2, 0.25) is 0 Å². The molecule has 0 bridgehead atoms. The predicted octanol–water partition coefficient (Wildman–Crippen LogP) is 2.68. The maximum atomic E-state index is 9.85. The van der Waals surface area contributed by atoms with E-state index in [1.54, 1.807) is 12.1 Å². The van der Waals surface area contributed by atoms with E-state index in [0.717, 1.165) is 22.6 Å². The molecular weight excluding hydrogens is 270 g/mol. The first-order valence-corrected chi connectivity index (χ1v) is 6.77. The zero-order valence-corrected chi connectivity index (χ0v) is 11.7. The van der Waals surface area contributed by atoms with Crippen LogP contribution in [-0.2, 0) is 6.54 Å². The highest BCUT2D eigenvalue weighted by molar-refractivity contribution is 5.44. The topological polar surface area (TPSA) is 71.0 Å². The van der Waals surface area contributed by atoms with Crippen LogP contribution in [0.1, 0.15) is 24.1 Å². The van der Waals surface area contributed by atoms with Gasteiger partial charge in [-0.15, -0.1) is 0 Å². The normalized spacial score (nSPS) is 14.1. The van der Waals surface area contributed by atoms with Crippen LogP contribution in [0.15, 0.2) is 36.4 Å². The van der Waals surface area contributed by atoms with Crippen LogP contribution in [-0.4, -0.2) is 17.0 Å². The highest BCUT2D eigenvalue weighted by atomic mass is 16.7. The third-order valence-electron chi connectivity index (χ3n) is 3.53. The van der Waals surface area contributed by atoms with Crippen LogP contribution in [0.3, 0.4) is 0 Å². The largest absolute Gasteiger partial charge is 0.508 e. The number of phenols is 2. The van der Waals surface area contributed by atoms with Gasteiger partial charge in [0.1, 0.15) is 11.5 Å². The van der Waals surface area contributed by atoms with E-state index in [2.05, 4.69) is 5.32 Å². The molecule has 2 aromatic carbocycles. The molecule has 0 amide bonds. The van der Waals surface area contributed by atoms with Crippen molar-refractivity contribution in [3.05, 3.63) is 47.5 Å². The molecule has 0 saturated carbocycles. The number of nitrogens with one attached hydrogen (secondary N) is 1. The molecule has 5 nitrogen and oxygen atoms in total. The molecule has 3 rings (SSSR count). The molecule has 5 heteroatoms. The van der Waals surface area contributed by atoms with Crippen LogP contribution in [0.25, 0.3) is 0 Å². The lowest BCUT2D eigenvalue weighted by atomic mass is 10.1. The summed E-state index contributed by atoms with van der Waals surface area (Å²) in [6.45, 7) is 2.86. The van der Waals surface area contributed by atoms with Gasteiger partial charge in [-0.2, -0.15) is 0 Å². The smallest absolute Gasteiger partial charge is 0.231 e. The Bertz CT molecular complexity index is 657. The first kappa shape index (κ1) is 13.6. The van der Waals surface area contributed by atoms with Crippen molar-refractivity contribution in [1.82, 2.24) is 5.32 Å². The monoisotopic (exact) mass is 287 g/mol. The molecule has 21 heavy (non-hydrogen) atoms. The van der Waals surface area contributed by atoms with Gasteiger partial charge in [-0.25, -0.2) is 0 Å². The highest BCUT2D eigenvalue weighted by Gasteiger charge is 2.14.